The van der Waals surface area contributed by atoms with Crippen molar-refractivity contribution in [2.75, 3.05) is 21.3 Å². The molecule has 0 aliphatic heterocycles. The molecular formula is C26H22N2O6. The number of nitro groups is 1. The Morgan fingerprint density at radius 3 is 2.12 bits per heavy atom. The fourth-order valence-electron chi connectivity index (χ4n) is 3.77. The van der Waals surface area contributed by atoms with E-state index in [0.717, 1.165) is 5.69 Å². The summed E-state index contributed by atoms with van der Waals surface area (Å²) < 4.78 is 18.0. The largest absolute Gasteiger partial charge is 0.493 e. The van der Waals surface area contributed by atoms with Crippen molar-refractivity contribution in [2.45, 2.75) is 0 Å². The van der Waals surface area contributed by atoms with Crippen LogP contribution in [0.3, 0.4) is 0 Å². The molecule has 4 aromatic rings. The molecule has 8 heteroatoms. The van der Waals surface area contributed by atoms with Crippen LogP contribution in [0.1, 0.15) is 15.9 Å². The number of aromatic nitrogens is 1. The van der Waals surface area contributed by atoms with Gasteiger partial charge in [-0.25, -0.2) is 0 Å². The molecular weight excluding hydrogens is 436 g/mol. The minimum Gasteiger partial charge on any atom is -0.493 e. The van der Waals surface area contributed by atoms with Crippen LogP contribution in [0.4, 0.5) is 5.69 Å². The molecule has 0 saturated heterocycles. The van der Waals surface area contributed by atoms with Crippen molar-refractivity contribution in [2.24, 2.45) is 0 Å². The van der Waals surface area contributed by atoms with E-state index in [4.69, 9.17) is 14.2 Å². The molecule has 0 aliphatic rings. The van der Waals surface area contributed by atoms with E-state index in [-0.39, 0.29) is 11.5 Å². The molecule has 3 aromatic carbocycles. The summed E-state index contributed by atoms with van der Waals surface area (Å²) in [6, 6.07) is 18.9. The lowest BCUT2D eigenvalue weighted by atomic mass is 9.97. The van der Waals surface area contributed by atoms with Gasteiger partial charge in [-0.05, 0) is 29.8 Å². The zero-order valence-electron chi connectivity index (χ0n) is 18.8. The number of ketones is 1. The minimum atomic E-state index is -0.460. The lowest BCUT2D eigenvalue weighted by molar-refractivity contribution is -0.384. The summed E-state index contributed by atoms with van der Waals surface area (Å²) in [5, 5.41) is 11.3. The summed E-state index contributed by atoms with van der Waals surface area (Å²) in [5.41, 5.74) is 2.60. The van der Waals surface area contributed by atoms with Crippen molar-refractivity contribution in [3.05, 3.63) is 100 Å². The van der Waals surface area contributed by atoms with Crippen LogP contribution in [0.15, 0.2) is 79.1 Å². The van der Waals surface area contributed by atoms with Gasteiger partial charge >= 0.3 is 0 Å². The molecule has 1 heterocycles. The normalized spacial score (nSPS) is 10.6. The van der Waals surface area contributed by atoms with E-state index in [1.54, 1.807) is 36.7 Å². The number of nitro benzene ring substituents is 1. The van der Waals surface area contributed by atoms with Crippen LogP contribution in [0.25, 0.3) is 16.8 Å². The van der Waals surface area contributed by atoms with Crippen LogP contribution in [0, 0.1) is 10.1 Å². The van der Waals surface area contributed by atoms with Gasteiger partial charge in [0.2, 0.25) is 5.75 Å². The van der Waals surface area contributed by atoms with Gasteiger partial charge < -0.3 is 18.8 Å². The number of hydrogen-bond acceptors (Lipinski definition) is 6. The molecule has 172 valence electrons. The second-order valence-electron chi connectivity index (χ2n) is 7.38. The number of non-ortho nitro benzene ring substituents is 1. The molecule has 1 aromatic heterocycles. The van der Waals surface area contributed by atoms with E-state index in [1.165, 1.54) is 33.5 Å². The topological polar surface area (TPSA) is 92.8 Å². The number of carbonyl (C=O) groups excluding carboxylic acids is 1. The van der Waals surface area contributed by atoms with Crippen LogP contribution >= 0.6 is 0 Å². The van der Waals surface area contributed by atoms with Crippen molar-refractivity contribution < 1.29 is 23.9 Å². The first kappa shape index (κ1) is 22.6. The Balaban J connectivity index is 1.90. The molecule has 0 aliphatic carbocycles. The number of rotatable bonds is 8. The Bertz CT molecular complexity index is 1340. The fourth-order valence-corrected chi connectivity index (χ4v) is 3.77. The Kier molecular flexibility index (Phi) is 6.31. The Morgan fingerprint density at radius 2 is 1.53 bits per heavy atom. The maximum absolute atomic E-state index is 13.7. The summed E-state index contributed by atoms with van der Waals surface area (Å²) in [6.07, 6.45) is 3.51. The number of para-hydroxylation sites is 1. The fraction of sp³-hybridized carbons (Fsp3) is 0.115. The third kappa shape index (κ3) is 4.21. The monoisotopic (exact) mass is 458 g/mol. The van der Waals surface area contributed by atoms with E-state index < -0.39 is 4.92 Å². The van der Waals surface area contributed by atoms with E-state index in [9.17, 15) is 14.9 Å². The third-order valence-corrected chi connectivity index (χ3v) is 5.42. The average Bonchev–Trinajstić information content (AvgIpc) is 3.33. The maximum Gasteiger partial charge on any atom is 0.270 e. The molecule has 0 amide bonds. The summed E-state index contributed by atoms with van der Waals surface area (Å²) in [7, 11) is 4.44. The highest BCUT2D eigenvalue weighted by Gasteiger charge is 2.23. The molecule has 8 nitrogen and oxygen atoms in total. The number of benzene rings is 3. The number of ether oxygens (including phenoxy) is 3. The van der Waals surface area contributed by atoms with Gasteiger partial charge in [0.1, 0.15) is 0 Å². The minimum absolute atomic E-state index is 0.0591. The highest BCUT2D eigenvalue weighted by Crippen LogP contribution is 2.39. The van der Waals surface area contributed by atoms with Crippen LogP contribution in [0.5, 0.6) is 17.2 Å². The van der Waals surface area contributed by atoms with Gasteiger partial charge in [0.15, 0.2) is 17.3 Å². The lowest BCUT2D eigenvalue weighted by Crippen LogP contribution is -2.05. The molecule has 0 spiro atoms. The Morgan fingerprint density at radius 1 is 0.853 bits per heavy atom. The molecule has 0 fully saturated rings. The molecule has 0 radical (unpaired) electrons. The van der Waals surface area contributed by atoms with E-state index >= 15 is 0 Å². The zero-order chi connectivity index (χ0) is 24.2. The SMILES string of the molecule is COc1cc(C(=O)c2cn(-c3ccccc3)cc2-c2cccc([N+](=O)[O-])c2)cc(OC)c1OC. The third-order valence-electron chi connectivity index (χ3n) is 5.42. The second-order valence-corrected chi connectivity index (χ2v) is 7.38. The van der Waals surface area contributed by atoms with Gasteiger partial charge in [0, 0.05) is 46.9 Å². The maximum atomic E-state index is 13.7. The molecule has 0 atom stereocenters. The van der Waals surface area contributed by atoms with Crippen LogP contribution in [0.2, 0.25) is 0 Å². The first-order chi connectivity index (χ1) is 16.5. The Hall–Kier alpha value is -4.59. The predicted molar refractivity (Wildman–Crippen MR) is 127 cm³/mol. The highest BCUT2D eigenvalue weighted by atomic mass is 16.6. The van der Waals surface area contributed by atoms with Crippen molar-refractivity contribution in [3.63, 3.8) is 0 Å². The van der Waals surface area contributed by atoms with Gasteiger partial charge in [-0.15, -0.1) is 0 Å². The smallest absolute Gasteiger partial charge is 0.270 e. The van der Waals surface area contributed by atoms with Crippen LogP contribution in [-0.4, -0.2) is 36.6 Å². The summed E-state index contributed by atoms with van der Waals surface area (Å²) in [6.45, 7) is 0. The predicted octanol–water partition coefficient (Wildman–Crippen LogP) is 5.31. The highest BCUT2D eigenvalue weighted by molar-refractivity contribution is 6.13. The van der Waals surface area contributed by atoms with Crippen LogP contribution < -0.4 is 14.2 Å². The summed E-state index contributed by atoms with van der Waals surface area (Å²) in [5.74, 6) is 0.784. The van der Waals surface area contributed by atoms with Crippen molar-refractivity contribution in [3.8, 4) is 34.1 Å². The van der Waals surface area contributed by atoms with E-state index in [1.807, 2.05) is 34.9 Å². The Labute approximate surface area is 196 Å². The molecule has 4 rings (SSSR count). The van der Waals surface area contributed by atoms with Crippen LogP contribution in [-0.2, 0) is 0 Å². The quantitative estimate of drug-likeness (QED) is 0.202. The summed E-state index contributed by atoms with van der Waals surface area (Å²) >= 11 is 0. The van der Waals surface area contributed by atoms with Gasteiger partial charge in [-0.2, -0.15) is 0 Å². The van der Waals surface area contributed by atoms with Gasteiger partial charge in [0.25, 0.3) is 5.69 Å². The standard InChI is InChI=1S/C26H22N2O6/c1-32-23-13-18(14-24(33-2)26(23)34-3)25(29)22-16-27(19-9-5-4-6-10-19)15-21(22)17-8-7-11-20(12-17)28(30)31/h4-16H,1-3H3. The number of nitrogens with zero attached hydrogens (tertiary/aromatic N) is 2. The number of hydrogen-bond donors (Lipinski definition) is 0. The molecule has 0 saturated carbocycles. The van der Waals surface area contributed by atoms with Gasteiger partial charge in [0.05, 0.1) is 26.3 Å². The van der Waals surface area contributed by atoms with Crippen molar-refractivity contribution in [1.82, 2.24) is 4.57 Å². The summed E-state index contributed by atoms with van der Waals surface area (Å²) in [4.78, 5) is 24.6. The number of methoxy groups -OCH3 is 3. The average molecular weight is 458 g/mol. The molecule has 34 heavy (non-hydrogen) atoms. The van der Waals surface area contributed by atoms with Gasteiger partial charge in [-0.1, -0.05) is 30.3 Å². The van der Waals surface area contributed by atoms with E-state index in [2.05, 4.69) is 0 Å². The van der Waals surface area contributed by atoms with E-state index in [0.29, 0.717) is 39.5 Å². The molecule has 0 bridgehead atoms. The lowest BCUT2D eigenvalue weighted by Gasteiger charge is -2.14. The molecule has 0 N–H and O–H groups in total. The van der Waals surface area contributed by atoms with Gasteiger partial charge in [-0.3, -0.25) is 14.9 Å². The first-order valence-corrected chi connectivity index (χ1v) is 10.3. The zero-order valence-corrected chi connectivity index (χ0v) is 18.8. The second kappa shape index (κ2) is 9.50. The van der Waals surface area contributed by atoms with Crippen molar-refractivity contribution >= 4 is 11.5 Å². The first-order valence-electron chi connectivity index (χ1n) is 10.3. The molecule has 0 unspecified atom stereocenters. The van der Waals surface area contributed by atoms with Crippen molar-refractivity contribution in [1.29, 1.82) is 0 Å². The number of carbonyl (C=O) groups is 1.